The predicted octanol–water partition coefficient (Wildman–Crippen LogP) is 2.45. The summed E-state index contributed by atoms with van der Waals surface area (Å²) in [5.41, 5.74) is 1.30. The molecule has 4 nitrogen and oxygen atoms in total. The number of nitrogens with one attached hydrogen (secondary N) is 1. The van der Waals surface area contributed by atoms with Gasteiger partial charge in [-0.25, -0.2) is 0 Å². The molecule has 1 atom stereocenters. The van der Waals surface area contributed by atoms with Crippen LogP contribution in [0.3, 0.4) is 0 Å². The largest absolute Gasteiger partial charge is 0.349 e. The van der Waals surface area contributed by atoms with Gasteiger partial charge in [0.05, 0.1) is 0 Å². The summed E-state index contributed by atoms with van der Waals surface area (Å²) in [5.74, 6) is 0.529. The Hall–Kier alpha value is -1.84. The average Bonchev–Trinajstić information content (AvgIpc) is 3.20. The Morgan fingerprint density at radius 3 is 2.19 bits per heavy atom. The Morgan fingerprint density at radius 2 is 1.71 bits per heavy atom. The molecule has 0 radical (unpaired) electrons. The summed E-state index contributed by atoms with van der Waals surface area (Å²) in [4.78, 5) is 26.3. The Bertz CT molecular complexity index is 546. The van der Waals surface area contributed by atoms with E-state index in [1.165, 1.54) is 0 Å². The van der Waals surface area contributed by atoms with Crippen LogP contribution in [0.1, 0.15) is 53.8 Å². The maximum atomic E-state index is 12.4. The minimum Gasteiger partial charge on any atom is -0.349 e. The summed E-state index contributed by atoms with van der Waals surface area (Å²) in [6.45, 7) is 5.14. The van der Waals surface area contributed by atoms with Gasteiger partial charge < -0.3 is 10.2 Å². The van der Waals surface area contributed by atoms with Gasteiger partial charge in [-0.05, 0) is 49.4 Å². The van der Waals surface area contributed by atoms with E-state index in [-0.39, 0.29) is 11.8 Å². The molecule has 1 saturated heterocycles. The Balaban J connectivity index is 1.66. The highest BCUT2D eigenvalue weighted by atomic mass is 16.2. The minimum absolute atomic E-state index is 0.0412. The van der Waals surface area contributed by atoms with Gasteiger partial charge in [-0.2, -0.15) is 0 Å². The molecule has 1 aliphatic heterocycles. The van der Waals surface area contributed by atoms with Crippen molar-refractivity contribution < 1.29 is 9.59 Å². The number of carbonyl (C=O) groups excluding carboxylic acids is 2. The zero-order valence-electron chi connectivity index (χ0n) is 12.6. The van der Waals surface area contributed by atoms with E-state index in [1.807, 2.05) is 4.90 Å². The fraction of sp³-hybridized carbons (Fsp3) is 0.529. The highest BCUT2D eigenvalue weighted by molar-refractivity contribution is 5.98. The van der Waals surface area contributed by atoms with E-state index in [0.717, 1.165) is 25.8 Å². The van der Waals surface area contributed by atoms with Gasteiger partial charge in [0.25, 0.3) is 11.8 Å². The molecule has 0 spiro atoms. The van der Waals surface area contributed by atoms with E-state index in [2.05, 4.69) is 19.2 Å². The molecule has 1 aromatic rings. The number of amides is 2. The first-order valence-electron chi connectivity index (χ1n) is 7.78. The van der Waals surface area contributed by atoms with Gasteiger partial charge in [-0.15, -0.1) is 0 Å². The highest BCUT2D eigenvalue weighted by Gasteiger charge is 2.34. The third-order valence-electron chi connectivity index (χ3n) is 4.40. The molecule has 4 heteroatoms. The van der Waals surface area contributed by atoms with Crippen molar-refractivity contribution in [3.63, 3.8) is 0 Å². The first-order chi connectivity index (χ1) is 10.1. The van der Waals surface area contributed by atoms with Crippen LogP contribution in [-0.2, 0) is 0 Å². The lowest BCUT2D eigenvalue weighted by Crippen LogP contribution is -2.53. The fourth-order valence-electron chi connectivity index (χ4n) is 2.78. The van der Waals surface area contributed by atoms with E-state index in [0.29, 0.717) is 29.1 Å². The first-order valence-corrected chi connectivity index (χ1v) is 7.78. The van der Waals surface area contributed by atoms with Gasteiger partial charge in [0, 0.05) is 29.8 Å². The van der Waals surface area contributed by atoms with Crippen LogP contribution >= 0.6 is 0 Å². The number of likely N-dealkylation sites (tertiary alicyclic amines) is 1. The summed E-state index contributed by atoms with van der Waals surface area (Å²) in [6, 6.07) is 7.73. The van der Waals surface area contributed by atoms with Gasteiger partial charge in [0.1, 0.15) is 0 Å². The summed E-state index contributed by atoms with van der Waals surface area (Å²) < 4.78 is 0. The van der Waals surface area contributed by atoms with Crippen molar-refractivity contribution in [1.82, 2.24) is 10.2 Å². The molecular weight excluding hydrogens is 264 g/mol. The Morgan fingerprint density at radius 1 is 1.10 bits per heavy atom. The van der Waals surface area contributed by atoms with Gasteiger partial charge in [-0.3, -0.25) is 9.59 Å². The lowest BCUT2D eigenvalue weighted by molar-refractivity contribution is 0.0347. The molecule has 1 heterocycles. The number of benzene rings is 1. The third-order valence-corrected chi connectivity index (χ3v) is 4.40. The zero-order chi connectivity index (χ0) is 15.0. The lowest BCUT2D eigenvalue weighted by atomic mass is 9.91. The van der Waals surface area contributed by atoms with Gasteiger partial charge in [0.15, 0.2) is 0 Å². The van der Waals surface area contributed by atoms with Gasteiger partial charge in [-0.1, -0.05) is 13.8 Å². The zero-order valence-corrected chi connectivity index (χ0v) is 12.6. The molecule has 2 aliphatic rings. The van der Waals surface area contributed by atoms with Crippen molar-refractivity contribution in [3.05, 3.63) is 35.4 Å². The lowest BCUT2D eigenvalue weighted by Gasteiger charge is -2.43. The summed E-state index contributed by atoms with van der Waals surface area (Å²) in [5, 5.41) is 2.95. The maximum absolute atomic E-state index is 12.4. The summed E-state index contributed by atoms with van der Waals surface area (Å²) in [7, 11) is 0. The van der Waals surface area contributed by atoms with E-state index >= 15 is 0 Å². The molecule has 1 saturated carbocycles. The van der Waals surface area contributed by atoms with Crippen molar-refractivity contribution >= 4 is 11.8 Å². The molecule has 1 aromatic carbocycles. The average molecular weight is 286 g/mol. The van der Waals surface area contributed by atoms with Crippen molar-refractivity contribution in [2.24, 2.45) is 5.92 Å². The fourth-order valence-corrected chi connectivity index (χ4v) is 2.78. The highest BCUT2D eigenvalue weighted by Crippen LogP contribution is 2.26. The van der Waals surface area contributed by atoms with E-state index in [4.69, 9.17) is 0 Å². The van der Waals surface area contributed by atoms with Crippen molar-refractivity contribution in [2.75, 3.05) is 6.54 Å². The topological polar surface area (TPSA) is 49.4 Å². The van der Waals surface area contributed by atoms with Crippen LogP contribution in [0.5, 0.6) is 0 Å². The van der Waals surface area contributed by atoms with Crippen LogP contribution in [0, 0.1) is 5.92 Å². The number of hydrogen-bond acceptors (Lipinski definition) is 2. The SMILES string of the molecule is CC(C)C1CCN1C(=O)c1ccc(C(=O)NC2CC2)cc1. The number of hydrogen-bond donors (Lipinski definition) is 1. The van der Waals surface area contributed by atoms with Crippen LogP contribution in [0.25, 0.3) is 0 Å². The smallest absolute Gasteiger partial charge is 0.254 e. The molecule has 2 fully saturated rings. The third kappa shape index (κ3) is 2.94. The molecule has 21 heavy (non-hydrogen) atoms. The monoisotopic (exact) mass is 286 g/mol. The normalized spacial score (nSPS) is 21.1. The maximum Gasteiger partial charge on any atom is 0.254 e. The summed E-state index contributed by atoms with van der Waals surface area (Å²) in [6.07, 6.45) is 3.24. The molecule has 112 valence electrons. The second kappa shape index (κ2) is 5.51. The molecular formula is C17H22N2O2. The van der Waals surface area contributed by atoms with Gasteiger partial charge >= 0.3 is 0 Å². The Kier molecular flexibility index (Phi) is 3.70. The van der Waals surface area contributed by atoms with Crippen molar-refractivity contribution in [1.29, 1.82) is 0 Å². The summed E-state index contributed by atoms with van der Waals surface area (Å²) >= 11 is 0. The Labute approximate surface area is 125 Å². The second-order valence-corrected chi connectivity index (χ2v) is 6.42. The number of carbonyl (C=O) groups is 2. The van der Waals surface area contributed by atoms with Crippen LogP contribution in [0.2, 0.25) is 0 Å². The molecule has 1 unspecified atom stereocenters. The molecule has 2 amide bonds. The van der Waals surface area contributed by atoms with Crippen LogP contribution in [-0.4, -0.2) is 35.3 Å². The van der Waals surface area contributed by atoms with Crippen molar-refractivity contribution in [3.8, 4) is 0 Å². The number of rotatable bonds is 4. The second-order valence-electron chi connectivity index (χ2n) is 6.42. The molecule has 0 aromatic heterocycles. The molecule has 3 rings (SSSR count). The van der Waals surface area contributed by atoms with Crippen molar-refractivity contribution in [2.45, 2.75) is 45.2 Å². The van der Waals surface area contributed by atoms with Crippen LogP contribution in [0.4, 0.5) is 0 Å². The predicted molar refractivity (Wildman–Crippen MR) is 81.2 cm³/mol. The van der Waals surface area contributed by atoms with Crippen LogP contribution in [0.15, 0.2) is 24.3 Å². The van der Waals surface area contributed by atoms with E-state index in [1.54, 1.807) is 24.3 Å². The van der Waals surface area contributed by atoms with E-state index < -0.39 is 0 Å². The quantitative estimate of drug-likeness (QED) is 0.924. The minimum atomic E-state index is -0.0412. The number of nitrogens with zero attached hydrogens (tertiary/aromatic N) is 1. The molecule has 0 bridgehead atoms. The molecule has 1 N–H and O–H groups in total. The standard InChI is InChI=1S/C17H22N2O2/c1-11(2)15-9-10-19(15)17(21)13-5-3-12(4-6-13)16(20)18-14-7-8-14/h3-6,11,14-15H,7-10H2,1-2H3,(H,18,20). The van der Waals surface area contributed by atoms with Crippen LogP contribution < -0.4 is 5.32 Å². The van der Waals surface area contributed by atoms with Gasteiger partial charge in [0.2, 0.25) is 0 Å². The van der Waals surface area contributed by atoms with E-state index in [9.17, 15) is 9.59 Å². The molecule has 1 aliphatic carbocycles. The first kappa shape index (κ1) is 14.1.